The number of carbonyl (C=O) groups excluding carboxylic acids is 2. The first-order chi connectivity index (χ1) is 10.1. The topological polar surface area (TPSA) is 77.6 Å². The highest BCUT2D eigenvalue weighted by atomic mass is 16.5. The molecule has 6 heteroatoms. The Morgan fingerprint density at radius 1 is 1.43 bits per heavy atom. The minimum atomic E-state index is -0.378. The number of esters is 1. The lowest BCUT2D eigenvalue weighted by Gasteiger charge is -2.21. The molecule has 1 aliphatic rings. The first-order valence-electron chi connectivity index (χ1n) is 7.49. The molecule has 0 aromatic carbocycles. The third kappa shape index (κ3) is 3.77. The van der Waals surface area contributed by atoms with E-state index in [0.717, 1.165) is 19.3 Å². The van der Waals surface area contributed by atoms with Crippen LogP contribution in [0.5, 0.6) is 0 Å². The van der Waals surface area contributed by atoms with Gasteiger partial charge >= 0.3 is 5.97 Å². The molecule has 0 aliphatic heterocycles. The summed E-state index contributed by atoms with van der Waals surface area (Å²) in [6.45, 7) is 4.55. The number of anilines is 1. The second-order valence-corrected chi connectivity index (χ2v) is 5.33. The number of amides is 1. The number of nitrogen functional groups attached to an aromatic ring is 1. The molecule has 1 amide bonds. The van der Waals surface area contributed by atoms with Gasteiger partial charge in [0.1, 0.15) is 12.2 Å². The lowest BCUT2D eigenvalue weighted by atomic mass is 10.3. The van der Waals surface area contributed by atoms with E-state index in [1.54, 1.807) is 19.2 Å². The van der Waals surface area contributed by atoms with Gasteiger partial charge in [-0.3, -0.25) is 9.59 Å². The van der Waals surface area contributed by atoms with E-state index in [1.807, 2.05) is 11.5 Å². The molecule has 1 heterocycles. The molecule has 0 bridgehead atoms. The molecule has 21 heavy (non-hydrogen) atoms. The first kappa shape index (κ1) is 15.4. The van der Waals surface area contributed by atoms with Crippen LogP contribution in [0.3, 0.4) is 0 Å². The van der Waals surface area contributed by atoms with Crippen LogP contribution in [0.25, 0.3) is 0 Å². The van der Waals surface area contributed by atoms with Crippen LogP contribution in [0.15, 0.2) is 12.3 Å². The van der Waals surface area contributed by atoms with E-state index in [1.165, 1.54) is 4.90 Å². The third-order valence-electron chi connectivity index (χ3n) is 3.44. The smallest absolute Gasteiger partial charge is 0.325 e. The van der Waals surface area contributed by atoms with Crippen LogP contribution >= 0.6 is 0 Å². The molecule has 0 saturated heterocycles. The molecular formula is C15H23N3O3. The van der Waals surface area contributed by atoms with Gasteiger partial charge < -0.3 is 19.9 Å². The Kier molecular flexibility index (Phi) is 4.88. The summed E-state index contributed by atoms with van der Waals surface area (Å²) in [5, 5.41) is 0. The van der Waals surface area contributed by atoms with E-state index >= 15 is 0 Å². The van der Waals surface area contributed by atoms with E-state index in [-0.39, 0.29) is 18.4 Å². The largest absolute Gasteiger partial charge is 0.465 e. The lowest BCUT2D eigenvalue weighted by Crippen LogP contribution is -2.38. The number of rotatable bonds is 7. The van der Waals surface area contributed by atoms with Gasteiger partial charge in [0.25, 0.3) is 5.91 Å². The number of hydrogen-bond donors (Lipinski definition) is 1. The van der Waals surface area contributed by atoms with Gasteiger partial charge in [-0.25, -0.2) is 0 Å². The van der Waals surface area contributed by atoms with Gasteiger partial charge in [-0.05, 0) is 32.3 Å². The molecule has 0 spiro atoms. The molecule has 1 fully saturated rings. The van der Waals surface area contributed by atoms with Crippen LogP contribution in [0.2, 0.25) is 0 Å². The second-order valence-electron chi connectivity index (χ2n) is 5.33. The summed E-state index contributed by atoms with van der Waals surface area (Å²) < 4.78 is 6.87. The van der Waals surface area contributed by atoms with Crippen molar-refractivity contribution in [1.29, 1.82) is 0 Å². The standard InChI is InChI=1S/C15H23N3O3/c1-3-7-17(10-14(19)21-4-2)15(20)13-8-11(16)9-18(13)12-5-6-12/h8-9,12H,3-7,10,16H2,1-2H3. The number of ether oxygens (including phenoxy) is 1. The Bertz CT molecular complexity index is 520. The highest BCUT2D eigenvalue weighted by Crippen LogP contribution is 2.37. The van der Waals surface area contributed by atoms with Gasteiger partial charge in [-0.2, -0.15) is 0 Å². The summed E-state index contributed by atoms with van der Waals surface area (Å²) in [5.41, 5.74) is 6.97. The summed E-state index contributed by atoms with van der Waals surface area (Å²) in [7, 11) is 0. The monoisotopic (exact) mass is 293 g/mol. The number of nitrogens with two attached hydrogens (primary N) is 1. The van der Waals surface area contributed by atoms with E-state index in [9.17, 15) is 9.59 Å². The maximum atomic E-state index is 12.7. The lowest BCUT2D eigenvalue weighted by molar-refractivity contribution is -0.143. The zero-order valence-corrected chi connectivity index (χ0v) is 12.7. The van der Waals surface area contributed by atoms with Crippen molar-refractivity contribution in [2.45, 2.75) is 39.2 Å². The molecule has 6 nitrogen and oxygen atoms in total. The summed E-state index contributed by atoms with van der Waals surface area (Å²) in [6, 6.07) is 2.06. The van der Waals surface area contributed by atoms with Crippen molar-refractivity contribution in [3.05, 3.63) is 18.0 Å². The Hall–Kier alpha value is -1.98. The Morgan fingerprint density at radius 3 is 2.71 bits per heavy atom. The van der Waals surface area contributed by atoms with E-state index in [4.69, 9.17) is 10.5 Å². The normalized spacial score (nSPS) is 14.0. The SMILES string of the molecule is CCCN(CC(=O)OCC)C(=O)c1cc(N)cn1C1CC1. The molecular weight excluding hydrogens is 270 g/mol. The summed E-state index contributed by atoms with van der Waals surface area (Å²) in [5.74, 6) is -0.537. The average Bonchev–Trinajstić information content (AvgIpc) is 3.20. The van der Waals surface area contributed by atoms with Crippen LogP contribution in [0.4, 0.5) is 5.69 Å². The molecule has 0 unspecified atom stereocenters. The van der Waals surface area contributed by atoms with Crippen LogP contribution in [0, 0.1) is 0 Å². The predicted molar refractivity (Wildman–Crippen MR) is 79.9 cm³/mol. The van der Waals surface area contributed by atoms with Crippen molar-refractivity contribution >= 4 is 17.6 Å². The van der Waals surface area contributed by atoms with Crippen LogP contribution in [-0.4, -0.2) is 41.0 Å². The van der Waals surface area contributed by atoms with Crippen molar-refractivity contribution in [2.24, 2.45) is 0 Å². The minimum absolute atomic E-state index is 0.0176. The molecule has 2 N–H and O–H groups in total. The van der Waals surface area contributed by atoms with Gasteiger partial charge in [0, 0.05) is 18.8 Å². The quantitative estimate of drug-likeness (QED) is 0.778. The van der Waals surface area contributed by atoms with E-state index in [2.05, 4.69) is 0 Å². The zero-order chi connectivity index (χ0) is 15.4. The van der Waals surface area contributed by atoms with Gasteiger partial charge in [0.05, 0.1) is 12.3 Å². The second kappa shape index (κ2) is 6.65. The maximum absolute atomic E-state index is 12.7. The average molecular weight is 293 g/mol. The van der Waals surface area contributed by atoms with Crippen molar-refractivity contribution in [3.63, 3.8) is 0 Å². The highest BCUT2D eigenvalue weighted by molar-refractivity contribution is 5.95. The zero-order valence-electron chi connectivity index (χ0n) is 12.7. The Balaban J connectivity index is 2.15. The summed E-state index contributed by atoms with van der Waals surface area (Å²) >= 11 is 0. The number of carbonyl (C=O) groups is 2. The molecule has 1 aromatic heterocycles. The van der Waals surface area contributed by atoms with Crippen LogP contribution < -0.4 is 5.73 Å². The molecule has 2 rings (SSSR count). The fourth-order valence-electron chi connectivity index (χ4n) is 2.37. The number of nitrogens with zero attached hydrogens (tertiary/aromatic N) is 2. The van der Waals surface area contributed by atoms with Crippen LogP contribution in [0.1, 0.15) is 49.6 Å². The summed E-state index contributed by atoms with van der Waals surface area (Å²) in [6.07, 6.45) is 4.73. The van der Waals surface area contributed by atoms with Gasteiger partial charge in [-0.15, -0.1) is 0 Å². The maximum Gasteiger partial charge on any atom is 0.325 e. The van der Waals surface area contributed by atoms with Crippen molar-refractivity contribution in [1.82, 2.24) is 9.47 Å². The predicted octanol–water partition coefficient (Wildman–Crippen LogP) is 1.82. The van der Waals surface area contributed by atoms with E-state index < -0.39 is 0 Å². The molecule has 1 aliphatic carbocycles. The minimum Gasteiger partial charge on any atom is -0.465 e. The Labute approximate surface area is 124 Å². The molecule has 116 valence electrons. The first-order valence-corrected chi connectivity index (χ1v) is 7.49. The molecule has 1 aromatic rings. The third-order valence-corrected chi connectivity index (χ3v) is 3.44. The number of aromatic nitrogens is 1. The fourth-order valence-corrected chi connectivity index (χ4v) is 2.37. The van der Waals surface area contributed by atoms with Crippen LogP contribution in [-0.2, 0) is 9.53 Å². The van der Waals surface area contributed by atoms with E-state index in [0.29, 0.717) is 30.6 Å². The fraction of sp³-hybridized carbons (Fsp3) is 0.600. The van der Waals surface area contributed by atoms with Gasteiger partial charge in [-0.1, -0.05) is 6.92 Å². The molecule has 0 radical (unpaired) electrons. The van der Waals surface area contributed by atoms with Gasteiger partial charge in [0.15, 0.2) is 0 Å². The Morgan fingerprint density at radius 2 is 2.14 bits per heavy atom. The highest BCUT2D eigenvalue weighted by Gasteiger charge is 2.30. The molecule has 0 atom stereocenters. The number of hydrogen-bond acceptors (Lipinski definition) is 4. The molecule has 1 saturated carbocycles. The van der Waals surface area contributed by atoms with Crippen molar-refractivity contribution in [3.8, 4) is 0 Å². The van der Waals surface area contributed by atoms with Crippen molar-refractivity contribution < 1.29 is 14.3 Å². The van der Waals surface area contributed by atoms with Crippen molar-refractivity contribution in [2.75, 3.05) is 25.4 Å². The van der Waals surface area contributed by atoms with Gasteiger partial charge in [0.2, 0.25) is 0 Å². The summed E-state index contributed by atoms with van der Waals surface area (Å²) in [4.78, 5) is 25.9.